The van der Waals surface area contributed by atoms with E-state index in [2.05, 4.69) is 0 Å². The van der Waals surface area contributed by atoms with Gasteiger partial charge in [0, 0.05) is 12.0 Å². The maximum atomic E-state index is 12.1. The normalized spacial score (nSPS) is 19.0. The lowest BCUT2D eigenvalue weighted by atomic mass is 9.99. The van der Waals surface area contributed by atoms with Crippen LogP contribution in [0.1, 0.15) is 34.1 Å². The lowest BCUT2D eigenvalue weighted by Crippen LogP contribution is -2.33. The maximum Gasteiger partial charge on any atom is 0.270 e. The predicted molar refractivity (Wildman–Crippen MR) is 98.5 cm³/mol. The Labute approximate surface area is 158 Å². The van der Waals surface area contributed by atoms with Gasteiger partial charge in [-0.2, -0.15) is 8.42 Å². The van der Waals surface area contributed by atoms with Crippen LogP contribution in [-0.4, -0.2) is 46.2 Å². The average Bonchev–Trinajstić information content (AvgIpc) is 2.89. The van der Waals surface area contributed by atoms with Gasteiger partial charge in [0.15, 0.2) is 17.6 Å². The van der Waals surface area contributed by atoms with E-state index in [1.165, 1.54) is 11.3 Å². The summed E-state index contributed by atoms with van der Waals surface area (Å²) >= 11 is 7.33. The first-order chi connectivity index (χ1) is 11.6. The first-order valence-corrected chi connectivity index (χ1v) is 10.8. The number of rotatable bonds is 8. The van der Waals surface area contributed by atoms with Crippen LogP contribution in [0.3, 0.4) is 0 Å². The van der Waals surface area contributed by atoms with Crippen LogP contribution in [0, 0.1) is 5.41 Å². The highest BCUT2D eigenvalue weighted by Crippen LogP contribution is 2.43. The standard InChI is InChI=1S/C16H25ClO6S2/c1-11(25(18,19)22-10-16(2,3)4)5-6-20-7-12-8-21-14-13(23-12)9-24-15(14)17/h9,11-12H,5-8,10H2,1-4H3. The summed E-state index contributed by atoms with van der Waals surface area (Å²) in [7, 11) is -3.59. The maximum absolute atomic E-state index is 12.1. The molecule has 0 spiro atoms. The van der Waals surface area contributed by atoms with Crippen molar-refractivity contribution in [3.63, 3.8) is 0 Å². The Morgan fingerprint density at radius 2 is 2.16 bits per heavy atom. The van der Waals surface area contributed by atoms with Gasteiger partial charge in [0.25, 0.3) is 10.1 Å². The molecule has 0 bridgehead atoms. The third-order valence-corrected chi connectivity index (χ3v) is 6.33. The molecule has 2 atom stereocenters. The molecule has 2 heterocycles. The van der Waals surface area contributed by atoms with Gasteiger partial charge in [0.1, 0.15) is 10.9 Å². The molecule has 2 rings (SSSR count). The van der Waals surface area contributed by atoms with Crippen LogP contribution in [0.25, 0.3) is 0 Å². The zero-order valence-electron chi connectivity index (χ0n) is 14.9. The number of thiophene rings is 1. The van der Waals surface area contributed by atoms with Crippen molar-refractivity contribution in [3.05, 3.63) is 9.72 Å². The van der Waals surface area contributed by atoms with Crippen LogP contribution in [-0.2, 0) is 19.0 Å². The Morgan fingerprint density at radius 1 is 1.44 bits per heavy atom. The second kappa shape index (κ2) is 8.43. The molecule has 0 N–H and O–H groups in total. The summed E-state index contributed by atoms with van der Waals surface area (Å²) in [6.07, 6.45) is 0.123. The summed E-state index contributed by atoms with van der Waals surface area (Å²) in [5, 5.41) is 1.17. The number of halogens is 1. The highest BCUT2D eigenvalue weighted by molar-refractivity contribution is 7.87. The smallest absolute Gasteiger partial charge is 0.270 e. The van der Waals surface area contributed by atoms with E-state index in [0.29, 0.717) is 42.1 Å². The topological polar surface area (TPSA) is 71.1 Å². The van der Waals surface area contributed by atoms with Crippen molar-refractivity contribution in [2.75, 3.05) is 26.4 Å². The summed E-state index contributed by atoms with van der Waals surface area (Å²) in [5.74, 6) is 1.21. The van der Waals surface area contributed by atoms with E-state index in [1.807, 2.05) is 20.8 Å². The quantitative estimate of drug-likeness (QED) is 0.478. The number of hydrogen-bond donors (Lipinski definition) is 0. The van der Waals surface area contributed by atoms with Gasteiger partial charge >= 0.3 is 0 Å². The molecule has 0 radical (unpaired) electrons. The van der Waals surface area contributed by atoms with Gasteiger partial charge in [0.05, 0.1) is 18.5 Å². The fourth-order valence-corrected chi connectivity index (χ4v) is 4.03. The highest BCUT2D eigenvalue weighted by atomic mass is 35.5. The third-order valence-electron chi connectivity index (χ3n) is 3.50. The van der Waals surface area contributed by atoms with Gasteiger partial charge in [-0.05, 0) is 18.8 Å². The summed E-state index contributed by atoms with van der Waals surface area (Å²) in [6.45, 7) is 8.54. The first kappa shape index (κ1) is 20.8. The third kappa shape index (κ3) is 6.29. The predicted octanol–water partition coefficient (Wildman–Crippen LogP) is 3.73. The molecule has 0 saturated heterocycles. The molecule has 2 unspecified atom stereocenters. The number of hydrogen-bond acceptors (Lipinski definition) is 7. The fraction of sp³-hybridized carbons (Fsp3) is 0.750. The van der Waals surface area contributed by atoms with Crippen molar-refractivity contribution in [1.82, 2.24) is 0 Å². The lowest BCUT2D eigenvalue weighted by Gasteiger charge is -2.24. The monoisotopic (exact) mass is 412 g/mol. The number of fused-ring (bicyclic) bond motifs is 1. The first-order valence-electron chi connectivity index (χ1n) is 8.11. The SMILES string of the molecule is CC(CCOCC1COc2c(csc2Cl)O1)S(=O)(=O)OCC(C)(C)C. The van der Waals surface area contributed by atoms with Crippen molar-refractivity contribution < 1.29 is 26.8 Å². The van der Waals surface area contributed by atoms with E-state index in [-0.39, 0.29) is 18.1 Å². The largest absolute Gasteiger partial charge is 0.483 e. The van der Waals surface area contributed by atoms with Crippen molar-refractivity contribution >= 4 is 33.1 Å². The second-order valence-electron chi connectivity index (χ2n) is 7.24. The van der Waals surface area contributed by atoms with Gasteiger partial charge in [0.2, 0.25) is 0 Å². The zero-order chi connectivity index (χ0) is 18.7. The molecule has 144 valence electrons. The Morgan fingerprint density at radius 3 is 2.84 bits per heavy atom. The molecular formula is C16H25ClO6S2. The molecule has 6 nitrogen and oxygen atoms in total. The molecule has 25 heavy (non-hydrogen) atoms. The van der Waals surface area contributed by atoms with Crippen molar-refractivity contribution in [2.45, 2.75) is 45.5 Å². The van der Waals surface area contributed by atoms with Crippen LogP contribution in [0.15, 0.2) is 5.38 Å². The van der Waals surface area contributed by atoms with E-state index in [1.54, 1.807) is 12.3 Å². The minimum absolute atomic E-state index is 0.166. The molecule has 1 aromatic rings. The fourth-order valence-electron chi connectivity index (χ4n) is 1.97. The van der Waals surface area contributed by atoms with Crippen molar-refractivity contribution in [2.24, 2.45) is 5.41 Å². The van der Waals surface area contributed by atoms with Crippen molar-refractivity contribution in [1.29, 1.82) is 0 Å². The zero-order valence-corrected chi connectivity index (χ0v) is 17.3. The molecule has 0 aliphatic carbocycles. The summed E-state index contributed by atoms with van der Waals surface area (Å²) in [6, 6.07) is 0. The Hall–Kier alpha value is -0.540. The minimum atomic E-state index is -3.59. The molecule has 1 aliphatic rings. The van der Waals surface area contributed by atoms with Gasteiger partial charge < -0.3 is 14.2 Å². The molecule has 0 saturated carbocycles. The molecule has 1 aliphatic heterocycles. The summed E-state index contributed by atoms with van der Waals surface area (Å²) < 4.78 is 46.7. The van der Waals surface area contributed by atoms with Gasteiger partial charge in [-0.25, -0.2) is 0 Å². The molecule has 1 aromatic heterocycles. The van der Waals surface area contributed by atoms with Crippen LogP contribution in [0.4, 0.5) is 0 Å². The highest BCUT2D eigenvalue weighted by Gasteiger charge is 2.26. The lowest BCUT2D eigenvalue weighted by molar-refractivity contribution is 0.00876. The summed E-state index contributed by atoms with van der Waals surface area (Å²) in [5.41, 5.74) is -0.203. The second-order valence-corrected chi connectivity index (χ2v) is 10.8. The van der Waals surface area contributed by atoms with E-state index in [9.17, 15) is 8.42 Å². The average molecular weight is 413 g/mol. The molecule has 0 aromatic carbocycles. The van der Waals surface area contributed by atoms with Crippen LogP contribution < -0.4 is 9.47 Å². The van der Waals surface area contributed by atoms with Crippen molar-refractivity contribution in [3.8, 4) is 11.5 Å². The Bertz CT molecular complexity index is 665. The molecule has 0 fully saturated rings. The van der Waals surface area contributed by atoms with E-state index < -0.39 is 15.4 Å². The molecule has 9 heteroatoms. The van der Waals surface area contributed by atoms with E-state index in [0.717, 1.165) is 0 Å². The van der Waals surface area contributed by atoms with E-state index in [4.69, 9.17) is 30.0 Å². The van der Waals surface area contributed by atoms with Gasteiger partial charge in [-0.3, -0.25) is 4.18 Å². The Kier molecular flexibility index (Phi) is 7.01. The van der Waals surface area contributed by atoms with Gasteiger partial charge in [-0.15, -0.1) is 11.3 Å². The number of ether oxygens (including phenoxy) is 3. The van der Waals surface area contributed by atoms with Crippen LogP contribution in [0.5, 0.6) is 11.5 Å². The van der Waals surface area contributed by atoms with Crippen LogP contribution >= 0.6 is 22.9 Å². The minimum Gasteiger partial charge on any atom is -0.483 e. The van der Waals surface area contributed by atoms with Crippen LogP contribution in [0.2, 0.25) is 4.34 Å². The molecular weight excluding hydrogens is 388 g/mol. The van der Waals surface area contributed by atoms with Gasteiger partial charge in [-0.1, -0.05) is 32.4 Å². The molecule has 0 amide bonds. The summed E-state index contributed by atoms with van der Waals surface area (Å²) in [4.78, 5) is 0. The van der Waals surface area contributed by atoms with E-state index >= 15 is 0 Å². The Balaban J connectivity index is 1.69.